The van der Waals surface area contributed by atoms with Crippen molar-refractivity contribution in [2.45, 2.75) is 4.34 Å². The summed E-state index contributed by atoms with van der Waals surface area (Å²) < 4.78 is 1.37. The van der Waals surface area contributed by atoms with E-state index in [0.29, 0.717) is 20.1 Å². The van der Waals surface area contributed by atoms with Crippen LogP contribution in [-0.2, 0) is 4.79 Å². The highest BCUT2D eigenvalue weighted by atomic mass is 32.2. The molecule has 3 aromatic rings. The third-order valence-corrected chi connectivity index (χ3v) is 5.41. The minimum Gasteiger partial charge on any atom is -0.374 e. The van der Waals surface area contributed by atoms with Crippen molar-refractivity contribution in [3.63, 3.8) is 0 Å². The average Bonchev–Trinajstić information content (AvgIpc) is 3.09. The molecule has 0 bridgehead atoms. The second kappa shape index (κ2) is 6.44. The number of hydrogen-bond acceptors (Lipinski definition) is 10. The van der Waals surface area contributed by atoms with Gasteiger partial charge in [0.25, 0.3) is 5.69 Å². The Labute approximate surface area is 141 Å². The molecule has 0 radical (unpaired) electrons. The van der Waals surface area contributed by atoms with Gasteiger partial charge in [-0.3, -0.25) is 14.9 Å². The molecular weight excluding hydrogens is 360 g/mol. The number of thioether (sulfide) groups is 1. The third-order valence-electron chi connectivity index (χ3n) is 2.58. The first kappa shape index (κ1) is 15.6. The first-order valence-corrected chi connectivity index (χ1v) is 8.70. The zero-order valence-electron chi connectivity index (χ0n) is 11.3. The number of non-ortho nitro benzene ring substituents is 1. The Kier molecular flexibility index (Phi) is 4.36. The predicted molar refractivity (Wildman–Crippen MR) is 89.9 cm³/mol. The molecule has 0 spiro atoms. The van der Waals surface area contributed by atoms with Gasteiger partial charge in [-0.15, -0.1) is 10.2 Å². The average molecular weight is 368 g/mol. The fraction of sp³-hybridized carbons (Fsp3) is 0.0909. The van der Waals surface area contributed by atoms with Crippen molar-refractivity contribution in [1.82, 2.24) is 15.2 Å². The Morgan fingerprint density at radius 3 is 2.91 bits per heavy atom. The summed E-state index contributed by atoms with van der Waals surface area (Å²) in [6, 6.07) is 4.39. The van der Waals surface area contributed by atoms with Gasteiger partial charge in [0.2, 0.25) is 11.0 Å². The highest BCUT2D eigenvalue weighted by molar-refractivity contribution is 8.01. The summed E-state index contributed by atoms with van der Waals surface area (Å²) in [4.78, 5) is 26.3. The van der Waals surface area contributed by atoms with Crippen molar-refractivity contribution >= 4 is 66.5 Å². The second-order valence-electron chi connectivity index (χ2n) is 4.17. The van der Waals surface area contributed by atoms with E-state index in [-0.39, 0.29) is 17.3 Å². The first-order valence-electron chi connectivity index (χ1n) is 6.08. The molecule has 1 amide bonds. The summed E-state index contributed by atoms with van der Waals surface area (Å²) in [5.41, 5.74) is 5.90. The monoisotopic (exact) mass is 368 g/mol. The van der Waals surface area contributed by atoms with Crippen molar-refractivity contribution in [2.24, 2.45) is 0 Å². The molecule has 9 nitrogen and oxygen atoms in total. The maximum absolute atomic E-state index is 11.9. The van der Waals surface area contributed by atoms with Gasteiger partial charge in [0.05, 0.1) is 20.9 Å². The van der Waals surface area contributed by atoms with Gasteiger partial charge in [-0.1, -0.05) is 34.4 Å². The quantitative estimate of drug-likeness (QED) is 0.398. The molecule has 0 aliphatic carbocycles. The molecular formula is C11H8N6O3S3. The van der Waals surface area contributed by atoms with Crippen molar-refractivity contribution < 1.29 is 9.72 Å². The lowest BCUT2D eigenvalue weighted by Crippen LogP contribution is -2.13. The molecule has 23 heavy (non-hydrogen) atoms. The number of nitrogens with two attached hydrogens (primary N) is 1. The summed E-state index contributed by atoms with van der Waals surface area (Å²) in [7, 11) is 0. The Balaban J connectivity index is 1.66. The van der Waals surface area contributed by atoms with Crippen LogP contribution in [0.15, 0.2) is 22.5 Å². The fourth-order valence-electron chi connectivity index (χ4n) is 1.64. The first-order chi connectivity index (χ1) is 11.0. The highest BCUT2D eigenvalue weighted by Crippen LogP contribution is 2.29. The second-order valence-corrected chi connectivity index (χ2v) is 7.43. The number of nitrogens with one attached hydrogen (secondary N) is 1. The highest BCUT2D eigenvalue weighted by Gasteiger charge is 2.13. The van der Waals surface area contributed by atoms with Crippen molar-refractivity contribution in [3.05, 3.63) is 28.3 Å². The van der Waals surface area contributed by atoms with Crippen LogP contribution in [0, 0.1) is 10.1 Å². The normalized spacial score (nSPS) is 10.8. The molecule has 2 aromatic heterocycles. The standard InChI is InChI=1S/C11H8N6O3S3/c12-9-15-16-11(23-9)21-4-8(18)14-10-13-6-3-5(17(19)20)1-2-7(6)22-10/h1-3H,4H2,(H2,12,15)(H,13,14,18). The largest absolute Gasteiger partial charge is 0.374 e. The molecule has 118 valence electrons. The Morgan fingerprint density at radius 2 is 2.22 bits per heavy atom. The molecule has 2 heterocycles. The van der Waals surface area contributed by atoms with Gasteiger partial charge in [-0.05, 0) is 6.07 Å². The molecule has 0 unspecified atom stereocenters. The van der Waals surface area contributed by atoms with E-state index in [0.717, 1.165) is 4.70 Å². The van der Waals surface area contributed by atoms with Gasteiger partial charge < -0.3 is 11.1 Å². The maximum atomic E-state index is 11.9. The Hall–Kier alpha value is -2.31. The van der Waals surface area contributed by atoms with Gasteiger partial charge in [-0.25, -0.2) is 4.98 Å². The molecule has 0 aliphatic heterocycles. The number of benzene rings is 1. The molecule has 0 aliphatic rings. The number of nitro benzene ring substituents is 1. The molecule has 3 N–H and O–H groups in total. The molecule has 12 heteroatoms. The number of rotatable bonds is 5. The number of nitrogens with zero attached hydrogens (tertiary/aromatic N) is 4. The smallest absolute Gasteiger partial charge is 0.271 e. The number of carbonyl (C=O) groups excluding carboxylic acids is 1. The molecule has 0 atom stereocenters. The molecule has 3 rings (SSSR count). The molecule has 1 aromatic carbocycles. The lowest BCUT2D eigenvalue weighted by atomic mass is 10.3. The van der Waals surface area contributed by atoms with E-state index in [4.69, 9.17) is 5.73 Å². The molecule has 0 saturated heterocycles. The Bertz CT molecular complexity index is 892. The maximum Gasteiger partial charge on any atom is 0.271 e. The fourth-order valence-corrected chi connectivity index (χ4v) is 3.94. The van der Waals surface area contributed by atoms with E-state index in [9.17, 15) is 14.9 Å². The van der Waals surface area contributed by atoms with Crippen LogP contribution < -0.4 is 11.1 Å². The summed E-state index contributed by atoms with van der Waals surface area (Å²) in [6.45, 7) is 0. The third kappa shape index (κ3) is 3.72. The van der Waals surface area contributed by atoms with Gasteiger partial charge >= 0.3 is 0 Å². The van der Waals surface area contributed by atoms with Crippen LogP contribution in [-0.4, -0.2) is 31.8 Å². The van der Waals surface area contributed by atoms with E-state index in [1.165, 1.54) is 46.6 Å². The van der Waals surface area contributed by atoms with Crippen molar-refractivity contribution in [1.29, 1.82) is 0 Å². The van der Waals surface area contributed by atoms with Crippen LogP contribution in [0.2, 0.25) is 0 Å². The number of hydrogen-bond donors (Lipinski definition) is 2. The van der Waals surface area contributed by atoms with Crippen LogP contribution in [0.1, 0.15) is 0 Å². The predicted octanol–water partition coefficient (Wildman–Crippen LogP) is 2.37. The van der Waals surface area contributed by atoms with Crippen molar-refractivity contribution in [2.75, 3.05) is 16.8 Å². The lowest BCUT2D eigenvalue weighted by Gasteiger charge is -1.98. The van der Waals surface area contributed by atoms with Gasteiger partial charge in [0.1, 0.15) is 0 Å². The minimum atomic E-state index is -0.485. The summed E-state index contributed by atoms with van der Waals surface area (Å²) in [6.07, 6.45) is 0. The summed E-state index contributed by atoms with van der Waals surface area (Å²) >= 11 is 3.68. The van der Waals surface area contributed by atoms with Gasteiger partial charge in [0.15, 0.2) is 9.47 Å². The zero-order chi connectivity index (χ0) is 16.4. The van der Waals surface area contributed by atoms with E-state index >= 15 is 0 Å². The van der Waals surface area contributed by atoms with E-state index in [1.54, 1.807) is 6.07 Å². The lowest BCUT2D eigenvalue weighted by molar-refractivity contribution is -0.384. The Morgan fingerprint density at radius 1 is 1.39 bits per heavy atom. The number of nitrogen functional groups attached to an aromatic ring is 1. The van der Waals surface area contributed by atoms with Crippen LogP contribution >= 0.6 is 34.4 Å². The number of thiazole rings is 1. The summed E-state index contributed by atoms with van der Waals surface area (Å²) in [5.74, 6) is -0.109. The van der Waals surface area contributed by atoms with Crippen molar-refractivity contribution in [3.8, 4) is 0 Å². The minimum absolute atomic E-state index is 0.0370. The number of carbonyl (C=O) groups is 1. The number of aromatic nitrogens is 3. The van der Waals surface area contributed by atoms with E-state index in [2.05, 4.69) is 20.5 Å². The number of fused-ring (bicyclic) bond motifs is 1. The molecule has 0 saturated carbocycles. The van der Waals surface area contributed by atoms with Crippen LogP contribution in [0.25, 0.3) is 10.2 Å². The SMILES string of the molecule is Nc1nnc(SCC(=O)Nc2nc3cc([N+](=O)[O-])ccc3s2)s1. The van der Waals surface area contributed by atoms with E-state index < -0.39 is 4.92 Å². The van der Waals surface area contributed by atoms with Gasteiger partial charge in [0, 0.05) is 12.1 Å². The van der Waals surface area contributed by atoms with E-state index in [1.807, 2.05) is 0 Å². The topological polar surface area (TPSA) is 137 Å². The van der Waals surface area contributed by atoms with Crippen LogP contribution in [0.3, 0.4) is 0 Å². The van der Waals surface area contributed by atoms with Gasteiger partial charge in [-0.2, -0.15) is 0 Å². The number of amides is 1. The number of anilines is 2. The van der Waals surface area contributed by atoms with Crippen LogP contribution in [0.4, 0.5) is 16.0 Å². The zero-order valence-corrected chi connectivity index (χ0v) is 13.7. The van der Waals surface area contributed by atoms with Crippen LogP contribution in [0.5, 0.6) is 0 Å². The summed E-state index contributed by atoms with van der Waals surface area (Å²) in [5, 5.41) is 21.6. The molecule has 0 fully saturated rings. The number of nitro groups is 1.